The van der Waals surface area contributed by atoms with Crippen molar-refractivity contribution in [2.24, 2.45) is 5.73 Å². The maximum Gasteiger partial charge on any atom is 0.320 e. The lowest BCUT2D eigenvalue weighted by atomic mass is 10.0. The quantitative estimate of drug-likeness (QED) is 0.571. The van der Waals surface area contributed by atoms with E-state index in [4.69, 9.17) is 20.3 Å². The van der Waals surface area contributed by atoms with Crippen LogP contribution in [0.3, 0.4) is 0 Å². The first kappa shape index (κ1) is 14.7. The average molecular weight is 270 g/mol. The smallest absolute Gasteiger partial charge is 0.320 e. The van der Waals surface area contributed by atoms with Gasteiger partial charge in [0.25, 0.3) is 5.69 Å². The summed E-state index contributed by atoms with van der Waals surface area (Å²) < 4.78 is 10.1. The zero-order valence-corrected chi connectivity index (χ0v) is 10.5. The van der Waals surface area contributed by atoms with Gasteiger partial charge < -0.3 is 20.3 Å². The number of rotatable bonds is 6. The Balaban J connectivity index is 3.36. The molecule has 0 aliphatic rings. The van der Waals surface area contributed by atoms with Crippen LogP contribution in [-0.2, 0) is 11.2 Å². The van der Waals surface area contributed by atoms with E-state index in [-0.39, 0.29) is 29.2 Å². The molecular formula is C11H14N2O6. The van der Waals surface area contributed by atoms with E-state index in [1.54, 1.807) is 0 Å². The molecule has 1 aromatic carbocycles. The van der Waals surface area contributed by atoms with Crippen LogP contribution in [0.25, 0.3) is 0 Å². The highest BCUT2D eigenvalue weighted by molar-refractivity contribution is 5.74. The highest BCUT2D eigenvalue weighted by Gasteiger charge is 2.26. The number of carboxylic acid groups (broad SMARTS) is 1. The van der Waals surface area contributed by atoms with Gasteiger partial charge in [-0.3, -0.25) is 14.9 Å². The Kier molecular flexibility index (Phi) is 4.65. The van der Waals surface area contributed by atoms with Crippen molar-refractivity contribution < 1.29 is 24.3 Å². The molecule has 1 unspecified atom stereocenters. The van der Waals surface area contributed by atoms with Gasteiger partial charge in [0.1, 0.15) is 6.04 Å². The Hall–Kier alpha value is -2.35. The number of nitro groups is 1. The van der Waals surface area contributed by atoms with Crippen molar-refractivity contribution in [1.82, 2.24) is 0 Å². The largest absolute Gasteiger partial charge is 0.493 e. The van der Waals surface area contributed by atoms with Crippen LogP contribution in [0.5, 0.6) is 11.5 Å². The molecule has 3 N–H and O–H groups in total. The van der Waals surface area contributed by atoms with Crippen molar-refractivity contribution in [2.45, 2.75) is 12.5 Å². The topological polar surface area (TPSA) is 125 Å². The number of hydrogen-bond donors (Lipinski definition) is 2. The number of methoxy groups -OCH3 is 2. The average Bonchev–Trinajstić information content (AvgIpc) is 2.37. The minimum absolute atomic E-state index is 0.0988. The maximum atomic E-state index is 11.0. The van der Waals surface area contributed by atoms with E-state index in [1.807, 2.05) is 0 Å². The minimum atomic E-state index is -1.26. The Labute approximate surface area is 108 Å². The molecule has 104 valence electrons. The number of benzene rings is 1. The maximum absolute atomic E-state index is 11.0. The third kappa shape index (κ3) is 3.10. The molecular weight excluding hydrogens is 256 g/mol. The molecule has 8 nitrogen and oxygen atoms in total. The molecule has 0 aromatic heterocycles. The van der Waals surface area contributed by atoms with Crippen molar-refractivity contribution in [3.05, 3.63) is 27.8 Å². The number of hydrogen-bond acceptors (Lipinski definition) is 6. The van der Waals surface area contributed by atoms with E-state index in [0.29, 0.717) is 0 Å². The van der Waals surface area contributed by atoms with Gasteiger partial charge in [0, 0.05) is 12.5 Å². The van der Waals surface area contributed by atoms with Gasteiger partial charge in [-0.2, -0.15) is 0 Å². The fourth-order valence-corrected chi connectivity index (χ4v) is 1.66. The number of aliphatic carboxylic acids is 1. The summed E-state index contributed by atoms with van der Waals surface area (Å²) in [5, 5.41) is 19.8. The summed E-state index contributed by atoms with van der Waals surface area (Å²) in [6.07, 6.45) is -0.230. The van der Waals surface area contributed by atoms with Gasteiger partial charge in [0.05, 0.1) is 24.7 Å². The lowest BCUT2D eigenvalue weighted by molar-refractivity contribution is -0.385. The van der Waals surface area contributed by atoms with Gasteiger partial charge in [-0.05, 0) is 6.07 Å². The van der Waals surface area contributed by atoms with Crippen molar-refractivity contribution in [3.8, 4) is 11.5 Å². The molecule has 1 aromatic rings. The van der Waals surface area contributed by atoms with Gasteiger partial charge in [-0.1, -0.05) is 0 Å². The van der Waals surface area contributed by atoms with Crippen LogP contribution < -0.4 is 15.2 Å². The van der Waals surface area contributed by atoms with E-state index in [9.17, 15) is 14.9 Å². The monoisotopic (exact) mass is 270 g/mol. The Morgan fingerprint density at radius 2 is 2.11 bits per heavy atom. The van der Waals surface area contributed by atoms with E-state index < -0.39 is 16.9 Å². The predicted molar refractivity (Wildman–Crippen MR) is 65.5 cm³/mol. The van der Waals surface area contributed by atoms with Gasteiger partial charge in [0.2, 0.25) is 0 Å². The van der Waals surface area contributed by atoms with E-state index in [0.717, 1.165) is 0 Å². The first-order valence-corrected chi connectivity index (χ1v) is 5.29. The molecule has 8 heteroatoms. The molecule has 0 spiro atoms. The third-order valence-corrected chi connectivity index (χ3v) is 2.56. The van der Waals surface area contributed by atoms with E-state index >= 15 is 0 Å². The lowest BCUT2D eigenvalue weighted by Gasteiger charge is -2.14. The second kappa shape index (κ2) is 6.01. The molecule has 0 aliphatic carbocycles. The fourth-order valence-electron chi connectivity index (χ4n) is 1.66. The Morgan fingerprint density at radius 1 is 1.47 bits per heavy atom. The van der Waals surface area contributed by atoms with Gasteiger partial charge in [0.15, 0.2) is 11.5 Å². The number of carboxylic acids is 1. The molecule has 1 atom stereocenters. The summed E-state index contributed by atoms with van der Waals surface area (Å²) in [7, 11) is 2.70. The predicted octanol–water partition coefficient (Wildman–Crippen LogP) is 0.566. The van der Waals surface area contributed by atoms with Crippen LogP contribution in [0.15, 0.2) is 12.1 Å². The van der Waals surface area contributed by atoms with Crippen LogP contribution in [0.1, 0.15) is 5.56 Å². The summed E-state index contributed by atoms with van der Waals surface area (Å²) >= 11 is 0. The summed E-state index contributed by atoms with van der Waals surface area (Å²) in [6, 6.07) is 1.34. The van der Waals surface area contributed by atoms with Gasteiger partial charge in [-0.15, -0.1) is 0 Å². The van der Waals surface area contributed by atoms with Crippen LogP contribution in [0.4, 0.5) is 5.69 Å². The minimum Gasteiger partial charge on any atom is -0.493 e. The first-order chi connectivity index (χ1) is 8.92. The van der Waals surface area contributed by atoms with Crippen molar-refractivity contribution in [1.29, 1.82) is 0 Å². The highest BCUT2D eigenvalue weighted by Crippen LogP contribution is 2.37. The molecule has 1 rings (SSSR count). The number of nitrogens with two attached hydrogens (primary N) is 1. The number of ether oxygens (including phenoxy) is 2. The number of carbonyl (C=O) groups is 1. The molecule has 0 radical (unpaired) electrons. The Morgan fingerprint density at radius 3 is 2.53 bits per heavy atom. The normalized spacial score (nSPS) is 11.7. The summed E-state index contributed by atoms with van der Waals surface area (Å²) in [5.41, 5.74) is 5.26. The van der Waals surface area contributed by atoms with Gasteiger partial charge >= 0.3 is 5.97 Å². The van der Waals surface area contributed by atoms with E-state index in [1.165, 1.54) is 26.4 Å². The van der Waals surface area contributed by atoms with Crippen molar-refractivity contribution >= 4 is 11.7 Å². The van der Waals surface area contributed by atoms with Gasteiger partial charge in [-0.25, -0.2) is 0 Å². The molecule has 0 heterocycles. The third-order valence-electron chi connectivity index (χ3n) is 2.56. The number of nitrogens with zero attached hydrogens (tertiary/aromatic N) is 1. The zero-order chi connectivity index (χ0) is 14.6. The number of nitro benzene ring substituents is 1. The summed E-state index contributed by atoms with van der Waals surface area (Å²) in [4.78, 5) is 21.1. The molecule has 0 bridgehead atoms. The van der Waals surface area contributed by atoms with Crippen LogP contribution in [-0.4, -0.2) is 36.3 Å². The second-order valence-corrected chi connectivity index (χ2v) is 3.70. The molecule has 0 aliphatic heterocycles. The van der Waals surface area contributed by atoms with Crippen LogP contribution in [0, 0.1) is 10.1 Å². The molecule has 0 amide bonds. The summed E-state index contributed by atoms with van der Waals surface area (Å²) in [6.45, 7) is 0. The van der Waals surface area contributed by atoms with E-state index in [2.05, 4.69) is 0 Å². The zero-order valence-electron chi connectivity index (χ0n) is 10.5. The SMILES string of the molecule is COc1ccc([N+](=O)[O-])c(CC(N)C(=O)O)c1OC. The Bertz CT molecular complexity index is 502. The van der Waals surface area contributed by atoms with Crippen LogP contribution in [0.2, 0.25) is 0 Å². The summed E-state index contributed by atoms with van der Waals surface area (Å²) in [5.74, 6) is -0.853. The van der Waals surface area contributed by atoms with Crippen LogP contribution >= 0.6 is 0 Å². The second-order valence-electron chi connectivity index (χ2n) is 3.70. The standard InChI is InChI=1S/C11H14N2O6/c1-18-9-4-3-8(13(16)17)6(10(9)19-2)5-7(12)11(14)15/h3-4,7H,5,12H2,1-2H3,(H,14,15). The highest BCUT2D eigenvalue weighted by atomic mass is 16.6. The molecule has 19 heavy (non-hydrogen) atoms. The fraction of sp³-hybridized carbons (Fsp3) is 0.364. The molecule has 0 fully saturated rings. The van der Waals surface area contributed by atoms with Crippen molar-refractivity contribution in [2.75, 3.05) is 14.2 Å². The lowest BCUT2D eigenvalue weighted by Crippen LogP contribution is -2.32. The molecule has 0 saturated heterocycles. The molecule has 0 saturated carbocycles. The van der Waals surface area contributed by atoms with Crippen molar-refractivity contribution in [3.63, 3.8) is 0 Å². The first-order valence-electron chi connectivity index (χ1n) is 5.29.